The quantitative estimate of drug-likeness (QED) is 0.882. The number of halogens is 1. The van der Waals surface area contributed by atoms with Crippen LogP contribution in [0, 0.1) is 0 Å². The predicted octanol–water partition coefficient (Wildman–Crippen LogP) is 2.49. The minimum atomic E-state index is 0. The van der Waals surface area contributed by atoms with E-state index in [4.69, 9.17) is 9.47 Å². The third-order valence-corrected chi connectivity index (χ3v) is 4.75. The predicted molar refractivity (Wildman–Crippen MR) is 96.1 cm³/mol. The molecule has 0 aromatic heterocycles. The van der Waals surface area contributed by atoms with E-state index in [0.29, 0.717) is 12.6 Å². The number of nitrogens with zero attached hydrogens (tertiary/aromatic N) is 1. The highest BCUT2D eigenvalue weighted by Gasteiger charge is 2.22. The smallest absolute Gasteiger partial charge is 0.253 e. The van der Waals surface area contributed by atoms with Gasteiger partial charge in [0.15, 0.2) is 0 Å². The zero-order valence-corrected chi connectivity index (χ0v) is 15.0. The summed E-state index contributed by atoms with van der Waals surface area (Å²) in [5.41, 5.74) is 0.734. The Morgan fingerprint density at radius 1 is 1.25 bits per heavy atom. The van der Waals surface area contributed by atoms with Gasteiger partial charge in [-0.05, 0) is 57.0 Å². The number of hydrogen-bond donors (Lipinski definition) is 1. The zero-order valence-electron chi connectivity index (χ0n) is 14.2. The number of benzene rings is 1. The van der Waals surface area contributed by atoms with Crippen molar-refractivity contribution < 1.29 is 14.3 Å². The summed E-state index contributed by atoms with van der Waals surface area (Å²) in [7, 11) is 1.98. The van der Waals surface area contributed by atoms with Crippen molar-refractivity contribution in [3.63, 3.8) is 0 Å². The average Bonchev–Trinajstić information content (AvgIpc) is 3.13. The molecular weight excluding hydrogens is 328 g/mol. The molecule has 6 heteroatoms. The first kappa shape index (κ1) is 19.0. The molecule has 0 saturated carbocycles. The van der Waals surface area contributed by atoms with E-state index < -0.39 is 0 Å². The van der Waals surface area contributed by atoms with Crippen molar-refractivity contribution in [1.82, 2.24) is 10.2 Å². The molecule has 1 aromatic carbocycles. The van der Waals surface area contributed by atoms with E-state index in [-0.39, 0.29) is 24.4 Å². The van der Waals surface area contributed by atoms with Crippen LogP contribution in [-0.2, 0) is 4.74 Å². The fraction of sp³-hybridized carbons (Fsp3) is 0.611. The van der Waals surface area contributed by atoms with Crippen molar-refractivity contribution in [3.8, 4) is 5.75 Å². The SMILES string of the molecule is CNC1CCN(C(=O)c2ccc(OCC3CCCO3)cc2)CC1.Cl. The van der Waals surface area contributed by atoms with Crippen LogP contribution in [-0.4, -0.2) is 56.3 Å². The molecule has 0 bridgehead atoms. The van der Waals surface area contributed by atoms with Gasteiger partial charge in [-0.3, -0.25) is 4.79 Å². The molecule has 0 spiro atoms. The maximum absolute atomic E-state index is 12.5. The van der Waals surface area contributed by atoms with Gasteiger partial charge in [-0.15, -0.1) is 12.4 Å². The van der Waals surface area contributed by atoms with Gasteiger partial charge < -0.3 is 19.7 Å². The Morgan fingerprint density at radius 3 is 2.54 bits per heavy atom. The Balaban J connectivity index is 0.00000208. The molecule has 2 saturated heterocycles. The number of piperidine rings is 1. The first-order valence-corrected chi connectivity index (χ1v) is 8.57. The Kier molecular flexibility index (Phi) is 7.34. The van der Waals surface area contributed by atoms with Crippen LogP contribution < -0.4 is 10.1 Å². The van der Waals surface area contributed by atoms with Crippen LogP contribution in [0.3, 0.4) is 0 Å². The first-order valence-electron chi connectivity index (χ1n) is 8.57. The molecule has 2 heterocycles. The molecule has 0 aliphatic carbocycles. The van der Waals surface area contributed by atoms with Gasteiger partial charge in [0, 0.05) is 31.3 Å². The Bertz CT molecular complexity index is 510. The van der Waals surface area contributed by atoms with Crippen molar-refractivity contribution in [1.29, 1.82) is 0 Å². The molecular formula is C18H27ClN2O3. The van der Waals surface area contributed by atoms with Crippen molar-refractivity contribution in [2.24, 2.45) is 0 Å². The fourth-order valence-corrected chi connectivity index (χ4v) is 3.21. The second kappa shape index (κ2) is 9.25. The fourth-order valence-electron chi connectivity index (χ4n) is 3.21. The highest BCUT2D eigenvalue weighted by atomic mass is 35.5. The van der Waals surface area contributed by atoms with E-state index in [2.05, 4.69) is 5.32 Å². The Labute approximate surface area is 150 Å². The molecule has 1 atom stereocenters. The van der Waals surface area contributed by atoms with Crippen LogP contribution in [0.15, 0.2) is 24.3 Å². The summed E-state index contributed by atoms with van der Waals surface area (Å²) in [5, 5.41) is 3.28. The normalized spacial score (nSPS) is 21.4. The third kappa shape index (κ3) is 4.85. The number of hydrogen-bond acceptors (Lipinski definition) is 4. The van der Waals surface area contributed by atoms with Crippen LogP contribution in [0.4, 0.5) is 0 Å². The van der Waals surface area contributed by atoms with E-state index in [0.717, 1.165) is 56.7 Å². The minimum Gasteiger partial charge on any atom is -0.491 e. The number of nitrogens with one attached hydrogen (secondary N) is 1. The van der Waals surface area contributed by atoms with Gasteiger partial charge in [0.25, 0.3) is 5.91 Å². The number of amides is 1. The highest BCUT2D eigenvalue weighted by Crippen LogP contribution is 2.19. The maximum Gasteiger partial charge on any atom is 0.253 e. The molecule has 1 amide bonds. The van der Waals surface area contributed by atoms with E-state index in [1.54, 1.807) is 0 Å². The summed E-state index contributed by atoms with van der Waals surface area (Å²) in [4.78, 5) is 14.5. The van der Waals surface area contributed by atoms with Crippen LogP contribution >= 0.6 is 12.4 Å². The van der Waals surface area contributed by atoms with Gasteiger partial charge in [-0.25, -0.2) is 0 Å². The first-order chi connectivity index (χ1) is 11.3. The van der Waals surface area contributed by atoms with Crippen LogP contribution in [0.25, 0.3) is 0 Å². The molecule has 2 aliphatic rings. The summed E-state index contributed by atoms with van der Waals surface area (Å²) in [6.45, 7) is 3.07. The largest absolute Gasteiger partial charge is 0.491 e. The van der Waals surface area contributed by atoms with Crippen molar-refractivity contribution >= 4 is 18.3 Å². The van der Waals surface area contributed by atoms with Gasteiger partial charge in [0.05, 0.1) is 6.10 Å². The monoisotopic (exact) mass is 354 g/mol. The second-order valence-corrected chi connectivity index (χ2v) is 6.33. The van der Waals surface area contributed by atoms with Gasteiger partial charge in [0.1, 0.15) is 12.4 Å². The highest BCUT2D eigenvalue weighted by molar-refractivity contribution is 5.94. The molecule has 2 fully saturated rings. The van der Waals surface area contributed by atoms with Gasteiger partial charge in [-0.2, -0.15) is 0 Å². The number of likely N-dealkylation sites (tertiary alicyclic amines) is 1. The van der Waals surface area contributed by atoms with Crippen molar-refractivity contribution in [2.45, 2.75) is 37.8 Å². The van der Waals surface area contributed by atoms with Crippen molar-refractivity contribution in [3.05, 3.63) is 29.8 Å². The van der Waals surface area contributed by atoms with E-state index >= 15 is 0 Å². The van der Waals surface area contributed by atoms with Crippen LogP contribution in [0.5, 0.6) is 5.75 Å². The molecule has 3 rings (SSSR count). The molecule has 5 nitrogen and oxygen atoms in total. The average molecular weight is 355 g/mol. The maximum atomic E-state index is 12.5. The van der Waals surface area contributed by atoms with Crippen molar-refractivity contribution in [2.75, 3.05) is 33.4 Å². The number of carbonyl (C=O) groups excluding carboxylic acids is 1. The summed E-state index contributed by atoms with van der Waals surface area (Å²) in [6, 6.07) is 8.01. The number of carbonyl (C=O) groups is 1. The Morgan fingerprint density at radius 2 is 1.96 bits per heavy atom. The summed E-state index contributed by atoms with van der Waals surface area (Å²) >= 11 is 0. The Hall–Kier alpha value is -1.30. The topological polar surface area (TPSA) is 50.8 Å². The number of ether oxygens (including phenoxy) is 2. The molecule has 1 N–H and O–H groups in total. The van der Waals surface area contributed by atoms with E-state index in [1.165, 1.54) is 0 Å². The van der Waals surface area contributed by atoms with Gasteiger partial charge in [0.2, 0.25) is 0 Å². The number of rotatable bonds is 5. The zero-order chi connectivity index (χ0) is 16.1. The third-order valence-electron chi connectivity index (χ3n) is 4.75. The van der Waals surface area contributed by atoms with E-state index in [1.807, 2.05) is 36.2 Å². The lowest BCUT2D eigenvalue weighted by molar-refractivity contribution is 0.0677. The van der Waals surface area contributed by atoms with Crippen LogP contribution in [0.2, 0.25) is 0 Å². The molecule has 1 aromatic rings. The van der Waals surface area contributed by atoms with Gasteiger partial charge >= 0.3 is 0 Å². The molecule has 2 aliphatic heterocycles. The van der Waals surface area contributed by atoms with Gasteiger partial charge in [-0.1, -0.05) is 0 Å². The standard InChI is InChI=1S/C18H26N2O3.ClH/c1-19-15-8-10-20(11-9-15)18(21)14-4-6-16(7-5-14)23-13-17-3-2-12-22-17;/h4-7,15,17,19H,2-3,8-13H2,1H3;1H. The summed E-state index contributed by atoms with van der Waals surface area (Å²) < 4.78 is 11.3. The summed E-state index contributed by atoms with van der Waals surface area (Å²) in [5.74, 6) is 0.913. The second-order valence-electron chi connectivity index (χ2n) is 6.33. The molecule has 24 heavy (non-hydrogen) atoms. The molecule has 0 radical (unpaired) electrons. The van der Waals surface area contributed by atoms with Crippen LogP contribution in [0.1, 0.15) is 36.0 Å². The molecule has 134 valence electrons. The lowest BCUT2D eigenvalue weighted by atomic mass is 10.0. The molecule has 1 unspecified atom stereocenters. The lowest BCUT2D eigenvalue weighted by Gasteiger charge is -2.31. The summed E-state index contributed by atoms with van der Waals surface area (Å²) in [6.07, 6.45) is 4.44. The minimum absolute atomic E-state index is 0. The van der Waals surface area contributed by atoms with E-state index in [9.17, 15) is 4.79 Å². The lowest BCUT2D eigenvalue weighted by Crippen LogP contribution is -2.43.